The van der Waals surface area contributed by atoms with Crippen molar-refractivity contribution in [1.29, 1.82) is 0 Å². The second kappa shape index (κ2) is 8.52. The predicted octanol–water partition coefficient (Wildman–Crippen LogP) is 4.45. The fourth-order valence-corrected chi connectivity index (χ4v) is 4.70. The van der Waals surface area contributed by atoms with Crippen molar-refractivity contribution in [1.82, 2.24) is 9.78 Å². The molecule has 1 aromatic carbocycles. The second-order valence-corrected chi connectivity index (χ2v) is 9.30. The summed E-state index contributed by atoms with van der Waals surface area (Å²) in [6, 6.07) is 7.69. The van der Waals surface area contributed by atoms with Crippen LogP contribution in [-0.2, 0) is 9.47 Å². The largest absolute Gasteiger partial charge is 0.379 e. The first-order chi connectivity index (χ1) is 15.0. The zero-order chi connectivity index (χ0) is 21.4. The van der Waals surface area contributed by atoms with Crippen LogP contribution in [0.5, 0.6) is 0 Å². The van der Waals surface area contributed by atoms with Gasteiger partial charge in [0.25, 0.3) is 5.56 Å². The van der Waals surface area contributed by atoms with Crippen LogP contribution in [0.2, 0.25) is 5.02 Å². The van der Waals surface area contributed by atoms with Crippen molar-refractivity contribution in [3.05, 3.63) is 51.4 Å². The van der Waals surface area contributed by atoms with Crippen molar-refractivity contribution in [2.45, 2.75) is 56.4 Å². The van der Waals surface area contributed by atoms with Gasteiger partial charge in [-0.2, -0.15) is 9.78 Å². The normalized spacial score (nSPS) is 28.6. The van der Waals surface area contributed by atoms with Gasteiger partial charge in [-0.15, -0.1) is 0 Å². The molecule has 3 atom stereocenters. The number of hydrogen-bond acceptors (Lipinski definition) is 5. The van der Waals surface area contributed by atoms with Crippen molar-refractivity contribution in [2.75, 3.05) is 25.1 Å². The third kappa shape index (κ3) is 4.49. The number of alkyl halides is 1. The molecule has 1 aromatic heterocycles. The second-order valence-electron chi connectivity index (χ2n) is 8.92. The highest BCUT2D eigenvalue weighted by Crippen LogP contribution is 2.44. The summed E-state index contributed by atoms with van der Waals surface area (Å²) >= 11 is 6.29. The van der Waals surface area contributed by atoms with Crippen molar-refractivity contribution in [3.8, 4) is 5.69 Å². The lowest BCUT2D eigenvalue weighted by Gasteiger charge is -2.29. The summed E-state index contributed by atoms with van der Waals surface area (Å²) < 4.78 is 27.4. The highest BCUT2D eigenvalue weighted by molar-refractivity contribution is 6.32. The summed E-state index contributed by atoms with van der Waals surface area (Å²) in [6.07, 6.45) is 7.81. The summed E-state index contributed by atoms with van der Waals surface area (Å²) in [5, 5.41) is 7.16. The highest BCUT2D eigenvalue weighted by atomic mass is 35.5. The molecule has 0 spiro atoms. The fourth-order valence-electron chi connectivity index (χ4n) is 4.50. The van der Waals surface area contributed by atoms with Gasteiger partial charge < -0.3 is 14.8 Å². The lowest BCUT2D eigenvalue weighted by molar-refractivity contribution is -0.0234. The molecule has 8 heteroatoms. The highest BCUT2D eigenvalue weighted by Gasteiger charge is 2.38. The molecule has 2 saturated heterocycles. The van der Waals surface area contributed by atoms with E-state index in [9.17, 15) is 9.18 Å². The van der Waals surface area contributed by atoms with Gasteiger partial charge in [-0.3, -0.25) is 4.79 Å². The average Bonchev–Trinajstić information content (AvgIpc) is 3.52. The molecule has 1 N–H and O–H groups in total. The van der Waals surface area contributed by atoms with E-state index in [1.807, 2.05) is 24.3 Å². The number of benzene rings is 1. The quantitative estimate of drug-likeness (QED) is 0.708. The van der Waals surface area contributed by atoms with E-state index in [0.717, 1.165) is 24.3 Å². The molecule has 31 heavy (non-hydrogen) atoms. The number of ether oxygens (including phenoxy) is 2. The van der Waals surface area contributed by atoms with E-state index in [-0.39, 0.29) is 24.3 Å². The van der Waals surface area contributed by atoms with Crippen molar-refractivity contribution in [2.24, 2.45) is 5.92 Å². The van der Waals surface area contributed by atoms with Crippen molar-refractivity contribution >= 4 is 17.3 Å². The van der Waals surface area contributed by atoms with E-state index < -0.39 is 11.2 Å². The van der Waals surface area contributed by atoms with E-state index in [2.05, 4.69) is 10.4 Å². The van der Waals surface area contributed by atoms with Crippen LogP contribution in [-0.4, -0.2) is 41.3 Å². The molecule has 1 unspecified atom stereocenters. The lowest BCUT2D eigenvalue weighted by Crippen LogP contribution is -2.40. The van der Waals surface area contributed by atoms with E-state index >= 15 is 0 Å². The minimum Gasteiger partial charge on any atom is -0.379 e. The third-order valence-electron chi connectivity index (χ3n) is 6.50. The van der Waals surface area contributed by atoms with Crippen LogP contribution in [0.1, 0.15) is 50.2 Å². The Kier molecular flexibility index (Phi) is 5.75. The fraction of sp³-hybridized carbons (Fsp3) is 0.565. The predicted molar refractivity (Wildman–Crippen MR) is 117 cm³/mol. The maximum atomic E-state index is 14.7. The van der Waals surface area contributed by atoms with E-state index in [1.54, 1.807) is 0 Å². The molecule has 6 nitrogen and oxygen atoms in total. The van der Waals surface area contributed by atoms with Crippen LogP contribution in [0.3, 0.4) is 0 Å². The number of halogens is 2. The molecule has 2 aromatic rings. The molecule has 166 valence electrons. The SMILES string of the molecule is O=c1c(Cl)c(NCC2(F)CCCOC2)cnn1-c1ccc([C@H]2CC[C@@H](C3CC3)O2)cc1. The summed E-state index contributed by atoms with van der Waals surface area (Å²) in [4.78, 5) is 12.8. The Balaban J connectivity index is 1.28. The molecular formula is C23H27ClFN3O3. The van der Waals surface area contributed by atoms with E-state index in [0.29, 0.717) is 36.9 Å². The summed E-state index contributed by atoms with van der Waals surface area (Å²) in [5.41, 5.74) is 0.159. The standard InChI is InChI=1S/C23H27ClFN3O3/c24-21-18(26-13-23(25)10-1-11-30-14-23)12-27-28(22(21)29)17-6-4-16(5-7-17)20-9-8-19(31-20)15-2-3-15/h4-7,12,15,19-20,26H,1-3,8-11,13-14H2/t19-,20+,23?/m0/s1. The topological polar surface area (TPSA) is 65.4 Å². The van der Waals surface area contributed by atoms with Crippen LogP contribution in [0.15, 0.2) is 35.3 Å². The molecule has 3 aliphatic rings. The Morgan fingerprint density at radius 1 is 1.23 bits per heavy atom. The van der Waals surface area contributed by atoms with Gasteiger partial charge in [0.1, 0.15) is 5.02 Å². The molecular weight excluding hydrogens is 421 g/mol. The lowest BCUT2D eigenvalue weighted by atomic mass is 9.99. The molecule has 2 aliphatic heterocycles. The van der Waals surface area contributed by atoms with Gasteiger partial charge in [0.15, 0.2) is 5.67 Å². The Labute approximate surface area is 185 Å². The number of aromatic nitrogens is 2. The first kappa shape index (κ1) is 20.9. The van der Waals surface area contributed by atoms with Crippen LogP contribution < -0.4 is 10.9 Å². The summed E-state index contributed by atoms with van der Waals surface area (Å²) in [7, 11) is 0. The Bertz CT molecular complexity index is 987. The first-order valence-electron chi connectivity index (χ1n) is 11.1. The first-order valence-corrected chi connectivity index (χ1v) is 11.4. The summed E-state index contributed by atoms with van der Waals surface area (Å²) in [5.74, 6) is 0.749. The Morgan fingerprint density at radius 2 is 2.03 bits per heavy atom. The Hall–Kier alpha value is -1.96. The maximum Gasteiger partial charge on any atom is 0.292 e. The van der Waals surface area contributed by atoms with Gasteiger partial charge in [0.2, 0.25) is 0 Å². The maximum absolute atomic E-state index is 14.7. The molecule has 0 bridgehead atoms. The Morgan fingerprint density at radius 3 is 2.74 bits per heavy atom. The van der Waals surface area contributed by atoms with Gasteiger partial charge in [-0.1, -0.05) is 23.7 Å². The van der Waals surface area contributed by atoms with Crippen molar-refractivity contribution in [3.63, 3.8) is 0 Å². The molecule has 0 radical (unpaired) electrons. The monoisotopic (exact) mass is 447 g/mol. The molecule has 0 amide bonds. The number of nitrogens with one attached hydrogen (secondary N) is 1. The number of nitrogens with zero attached hydrogens (tertiary/aromatic N) is 2. The van der Waals surface area contributed by atoms with Gasteiger partial charge in [0.05, 0.1) is 42.9 Å². The van der Waals surface area contributed by atoms with Gasteiger partial charge in [0, 0.05) is 6.61 Å². The van der Waals surface area contributed by atoms with Crippen molar-refractivity contribution < 1.29 is 13.9 Å². The van der Waals surface area contributed by atoms with Crippen LogP contribution >= 0.6 is 11.6 Å². The third-order valence-corrected chi connectivity index (χ3v) is 6.86. The molecule has 3 heterocycles. The minimum atomic E-state index is -1.47. The number of rotatable bonds is 6. The van der Waals surface area contributed by atoms with Gasteiger partial charge in [-0.25, -0.2) is 4.39 Å². The molecule has 5 rings (SSSR count). The zero-order valence-electron chi connectivity index (χ0n) is 17.4. The summed E-state index contributed by atoms with van der Waals surface area (Å²) in [6.45, 7) is 0.646. The zero-order valence-corrected chi connectivity index (χ0v) is 18.1. The number of hydrogen-bond donors (Lipinski definition) is 1. The molecule has 3 fully saturated rings. The molecule has 1 aliphatic carbocycles. The van der Waals surface area contributed by atoms with Gasteiger partial charge in [-0.05, 0) is 62.1 Å². The van der Waals surface area contributed by atoms with Crippen LogP contribution in [0.25, 0.3) is 5.69 Å². The van der Waals surface area contributed by atoms with Crippen LogP contribution in [0.4, 0.5) is 10.1 Å². The van der Waals surface area contributed by atoms with Gasteiger partial charge >= 0.3 is 0 Å². The van der Waals surface area contributed by atoms with Crippen LogP contribution in [0, 0.1) is 5.92 Å². The molecule has 1 saturated carbocycles. The van der Waals surface area contributed by atoms with E-state index in [4.69, 9.17) is 21.1 Å². The smallest absolute Gasteiger partial charge is 0.292 e. The minimum absolute atomic E-state index is 0.00851. The average molecular weight is 448 g/mol. The number of anilines is 1. The van der Waals surface area contributed by atoms with E-state index in [1.165, 1.54) is 23.7 Å².